The Morgan fingerprint density at radius 3 is 1.76 bits per heavy atom. The first-order chi connectivity index (χ1) is 25.3. The summed E-state index contributed by atoms with van der Waals surface area (Å²) < 4.78 is 12.6. The van der Waals surface area contributed by atoms with E-state index in [0.29, 0.717) is 5.89 Å². The van der Waals surface area contributed by atoms with Crippen molar-refractivity contribution in [2.75, 3.05) is 4.90 Å². The number of furan rings is 1. The van der Waals surface area contributed by atoms with Crippen LogP contribution in [0.15, 0.2) is 191 Å². The van der Waals surface area contributed by atoms with Gasteiger partial charge in [-0.15, -0.1) is 0 Å². The molecule has 4 nitrogen and oxygen atoms in total. The number of oxazole rings is 1. The van der Waals surface area contributed by atoms with Gasteiger partial charge in [0.2, 0.25) is 5.89 Å². The van der Waals surface area contributed by atoms with Crippen LogP contribution in [-0.4, -0.2) is 4.98 Å². The quantitative estimate of drug-likeness (QED) is 0.179. The Morgan fingerprint density at radius 2 is 1.00 bits per heavy atom. The molecule has 0 fully saturated rings. The van der Waals surface area contributed by atoms with Crippen LogP contribution in [0.25, 0.3) is 77.5 Å². The summed E-state index contributed by atoms with van der Waals surface area (Å²) in [5, 5.41) is 4.56. The van der Waals surface area contributed by atoms with Gasteiger partial charge in [-0.25, -0.2) is 4.98 Å². The van der Waals surface area contributed by atoms with E-state index in [0.717, 1.165) is 66.8 Å². The molecule has 4 heteroatoms. The van der Waals surface area contributed by atoms with Crippen LogP contribution in [0, 0.1) is 0 Å². The molecule has 10 aromatic rings. The lowest BCUT2D eigenvalue weighted by Gasteiger charge is -2.26. The molecule has 2 heterocycles. The van der Waals surface area contributed by atoms with E-state index in [1.807, 2.05) is 42.5 Å². The van der Waals surface area contributed by atoms with Crippen molar-refractivity contribution in [1.82, 2.24) is 4.98 Å². The van der Waals surface area contributed by atoms with Crippen molar-refractivity contribution < 1.29 is 8.83 Å². The van der Waals surface area contributed by atoms with Gasteiger partial charge in [0.1, 0.15) is 16.7 Å². The third kappa shape index (κ3) is 5.04. The Bertz CT molecular complexity index is 2830. The minimum Gasteiger partial charge on any atom is -0.456 e. The molecule has 0 amide bonds. The van der Waals surface area contributed by atoms with Gasteiger partial charge >= 0.3 is 0 Å². The van der Waals surface area contributed by atoms with E-state index in [1.165, 1.54) is 21.9 Å². The fourth-order valence-electron chi connectivity index (χ4n) is 7.27. The lowest BCUT2D eigenvalue weighted by molar-refractivity contribution is 0.620. The molecule has 240 valence electrons. The molecule has 0 N–H and O–H groups in total. The zero-order valence-electron chi connectivity index (χ0n) is 27.5. The number of hydrogen-bond acceptors (Lipinski definition) is 4. The number of benzene rings is 8. The summed E-state index contributed by atoms with van der Waals surface area (Å²) in [6.07, 6.45) is 0. The predicted molar refractivity (Wildman–Crippen MR) is 210 cm³/mol. The summed E-state index contributed by atoms with van der Waals surface area (Å²) in [6, 6.07) is 63.5. The molecule has 0 aliphatic heterocycles. The van der Waals surface area contributed by atoms with Gasteiger partial charge in [-0.2, -0.15) is 0 Å². The van der Waals surface area contributed by atoms with E-state index >= 15 is 0 Å². The first-order valence-electron chi connectivity index (χ1n) is 17.1. The van der Waals surface area contributed by atoms with Gasteiger partial charge < -0.3 is 13.7 Å². The third-order valence-corrected chi connectivity index (χ3v) is 9.70. The van der Waals surface area contributed by atoms with E-state index < -0.39 is 0 Å². The summed E-state index contributed by atoms with van der Waals surface area (Å²) >= 11 is 0. The first kappa shape index (κ1) is 29.0. The van der Waals surface area contributed by atoms with Crippen LogP contribution in [0.4, 0.5) is 17.1 Å². The van der Waals surface area contributed by atoms with E-state index in [1.54, 1.807) is 0 Å². The molecule has 0 saturated carbocycles. The highest BCUT2D eigenvalue weighted by molar-refractivity contribution is 6.15. The Morgan fingerprint density at radius 1 is 0.392 bits per heavy atom. The monoisotopic (exact) mass is 654 g/mol. The standard InChI is InChI=1S/C47H30N2O2/c1-3-12-34(13-4-1)47-48-42-30-44-41(29-45(42)51-47)46-40(19-10-20-43(46)50-44)33-23-27-37(28-24-33)49(35-15-5-2-6-16-35)36-25-21-32(22-26-36)39-18-9-14-31-11-7-8-17-38(31)39/h1-30H. The smallest absolute Gasteiger partial charge is 0.227 e. The molecule has 0 atom stereocenters. The first-order valence-corrected chi connectivity index (χ1v) is 17.1. The molecule has 0 aliphatic carbocycles. The summed E-state index contributed by atoms with van der Waals surface area (Å²) in [6.45, 7) is 0. The molecular formula is C47H30N2O2. The van der Waals surface area contributed by atoms with E-state index in [2.05, 4.69) is 144 Å². The normalized spacial score (nSPS) is 11.5. The van der Waals surface area contributed by atoms with Crippen LogP contribution in [0.3, 0.4) is 0 Å². The Labute approximate surface area is 294 Å². The highest BCUT2D eigenvalue weighted by atomic mass is 16.4. The van der Waals surface area contributed by atoms with Crippen LogP contribution in [0.2, 0.25) is 0 Å². The van der Waals surface area contributed by atoms with Gasteiger partial charge in [0.25, 0.3) is 0 Å². The van der Waals surface area contributed by atoms with Crippen molar-refractivity contribution >= 4 is 60.9 Å². The maximum atomic E-state index is 6.39. The molecule has 8 aromatic carbocycles. The fourth-order valence-corrected chi connectivity index (χ4v) is 7.27. The topological polar surface area (TPSA) is 42.4 Å². The van der Waals surface area contributed by atoms with Crippen LogP contribution >= 0.6 is 0 Å². The number of nitrogens with zero attached hydrogens (tertiary/aromatic N) is 2. The number of aromatic nitrogens is 1. The second kappa shape index (κ2) is 11.9. The van der Waals surface area contributed by atoms with E-state index in [9.17, 15) is 0 Å². The average Bonchev–Trinajstić information content (AvgIpc) is 3.79. The van der Waals surface area contributed by atoms with E-state index in [-0.39, 0.29) is 0 Å². The van der Waals surface area contributed by atoms with Crippen molar-refractivity contribution in [3.05, 3.63) is 182 Å². The van der Waals surface area contributed by atoms with Crippen molar-refractivity contribution in [3.8, 4) is 33.7 Å². The third-order valence-electron chi connectivity index (χ3n) is 9.70. The highest BCUT2D eigenvalue weighted by Gasteiger charge is 2.18. The Hall–Kier alpha value is -6.91. The van der Waals surface area contributed by atoms with Crippen molar-refractivity contribution in [3.63, 3.8) is 0 Å². The summed E-state index contributed by atoms with van der Waals surface area (Å²) in [4.78, 5) is 7.06. The number of anilines is 3. The molecule has 0 aliphatic rings. The van der Waals surface area contributed by atoms with Gasteiger partial charge in [-0.05, 0) is 93.7 Å². The van der Waals surface area contributed by atoms with Gasteiger partial charge in [0.15, 0.2) is 5.58 Å². The minimum absolute atomic E-state index is 0.601. The Kier molecular flexibility index (Phi) is 6.78. The maximum Gasteiger partial charge on any atom is 0.227 e. The molecule has 0 bridgehead atoms. The molecule has 0 unspecified atom stereocenters. The van der Waals surface area contributed by atoms with Crippen molar-refractivity contribution in [2.45, 2.75) is 0 Å². The zero-order valence-corrected chi connectivity index (χ0v) is 27.5. The SMILES string of the molecule is c1ccc(-c2nc3cc4oc5cccc(-c6ccc(N(c7ccccc7)c7ccc(-c8cccc9ccccc89)cc7)cc6)c5c4cc3o2)cc1. The summed E-state index contributed by atoms with van der Waals surface area (Å²) in [7, 11) is 0. The van der Waals surface area contributed by atoms with Gasteiger partial charge in [-0.3, -0.25) is 0 Å². The second-order valence-corrected chi connectivity index (χ2v) is 12.8. The Balaban J connectivity index is 1.04. The van der Waals surface area contributed by atoms with Gasteiger partial charge in [0.05, 0.1) is 0 Å². The molecule has 0 saturated heterocycles. The maximum absolute atomic E-state index is 6.39. The van der Waals surface area contributed by atoms with Crippen LogP contribution in [-0.2, 0) is 0 Å². The lowest BCUT2D eigenvalue weighted by atomic mass is 9.98. The van der Waals surface area contributed by atoms with Crippen molar-refractivity contribution in [1.29, 1.82) is 0 Å². The van der Waals surface area contributed by atoms with Crippen molar-refractivity contribution in [2.24, 2.45) is 0 Å². The zero-order chi connectivity index (χ0) is 33.7. The minimum atomic E-state index is 0.601. The molecule has 0 radical (unpaired) electrons. The fraction of sp³-hybridized carbons (Fsp3) is 0. The highest BCUT2D eigenvalue weighted by Crippen LogP contribution is 2.41. The predicted octanol–water partition coefficient (Wildman–Crippen LogP) is 13.4. The van der Waals surface area contributed by atoms with Crippen LogP contribution in [0.1, 0.15) is 0 Å². The molecular weight excluding hydrogens is 625 g/mol. The van der Waals surface area contributed by atoms with Crippen LogP contribution in [0.5, 0.6) is 0 Å². The van der Waals surface area contributed by atoms with Crippen LogP contribution < -0.4 is 4.90 Å². The van der Waals surface area contributed by atoms with Gasteiger partial charge in [-0.1, -0.05) is 115 Å². The number of rotatable bonds is 6. The number of fused-ring (bicyclic) bond motifs is 5. The lowest BCUT2D eigenvalue weighted by Crippen LogP contribution is -2.09. The molecule has 51 heavy (non-hydrogen) atoms. The molecule has 2 aromatic heterocycles. The number of para-hydroxylation sites is 1. The largest absolute Gasteiger partial charge is 0.456 e. The van der Waals surface area contributed by atoms with Gasteiger partial charge in [0, 0.05) is 39.5 Å². The number of hydrogen-bond donors (Lipinski definition) is 0. The molecule has 0 spiro atoms. The summed E-state index contributed by atoms with van der Waals surface area (Å²) in [5.74, 6) is 0.601. The molecule has 10 rings (SSSR count). The average molecular weight is 655 g/mol. The van der Waals surface area contributed by atoms with E-state index in [4.69, 9.17) is 13.8 Å². The summed E-state index contributed by atoms with van der Waals surface area (Å²) in [5.41, 5.74) is 12.0. The second-order valence-electron chi connectivity index (χ2n) is 12.8.